The van der Waals surface area contributed by atoms with Gasteiger partial charge in [-0.25, -0.2) is 9.59 Å². The first-order valence-electron chi connectivity index (χ1n) is 9.16. The zero-order valence-electron chi connectivity index (χ0n) is 17.1. The molecule has 7 nitrogen and oxygen atoms in total. The number of halogens is 6. The van der Waals surface area contributed by atoms with Gasteiger partial charge in [0.25, 0.3) is 0 Å². The molecule has 0 aliphatic heterocycles. The lowest BCUT2D eigenvalue weighted by Crippen LogP contribution is -2.69. The van der Waals surface area contributed by atoms with Crippen LogP contribution in [0, 0.1) is 0 Å². The number of benzene rings is 2. The Labute approximate surface area is 183 Å². The number of carbonyl (C=O) groups is 2. The van der Waals surface area contributed by atoms with Crippen LogP contribution in [0.1, 0.15) is 12.5 Å². The van der Waals surface area contributed by atoms with Crippen LogP contribution >= 0.6 is 0 Å². The van der Waals surface area contributed by atoms with Gasteiger partial charge in [-0.1, -0.05) is 18.2 Å². The van der Waals surface area contributed by atoms with Crippen LogP contribution in [0.4, 0.5) is 36.8 Å². The van der Waals surface area contributed by atoms with Crippen molar-refractivity contribution in [3.8, 4) is 11.5 Å². The molecule has 0 bridgehead atoms. The number of rotatable bonds is 7. The van der Waals surface area contributed by atoms with Crippen LogP contribution < -0.4 is 20.1 Å². The van der Waals surface area contributed by atoms with Crippen molar-refractivity contribution in [3.05, 3.63) is 54.1 Å². The fraction of sp³-hybridized carbons (Fsp3) is 0.300. The highest BCUT2D eigenvalue weighted by atomic mass is 19.4. The minimum atomic E-state index is -5.54. The summed E-state index contributed by atoms with van der Waals surface area (Å²) >= 11 is 0. The number of methoxy groups -OCH3 is 1. The molecule has 0 spiro atoms. The van der Waals surface area contributed by atoms with Crippen molar-refractivity contribution >= 4 is 17.7 Å². The van der Waals surface area contributed by atoms with Crippen LogP contribution in [-0.2, 0) is 15.7 Å². The summed E-state index contributed by atoms with van der Waals surface area (Å²) in [6.07, 6.45) is -10.3. The molecule has 1 unspecified atom stereocenters. The second-order valence-corrected chi connectivity index (χ2v) is 6.31. The van der Waals surface area contributed by atoms with Crippen molar-refractivity contribution < 1.29 is 50.1 Å². The molecule has 1 atom stereocenters. The van der Waals surface area contributed by atoms with E-state index < -0.39 is 53.7 Å². The zero-order valence-corrected chi connectivity index (χ0v) is 17.1. The maximum absolute atomic E-state index is 14.1. The summed E-state index contributed by atoms with van der Waals surface area (Å²) in [6, 6.07) is 6.53. The summed E-state index contributed by atoms with van der Waals surface area (Å²) in [5.74, 6) is -2.72. The third-order valence-electron chi connectivity index (χ3n) is 4.04. The molecule has 2 N–H and O–H groups in total. The molecule has 33 heavy (non-hydrogen) atoms. The number of anilines is 1. The third kappa shape index (κ3) is 5.99. The fourth-order valence-electron chi connectivity index (χ4n) is 2.56. The predicted octanol–water partition coefficient (Wildman–Crippen LogP) is 4.74. The molecular formula is C20H18F6N2O5. The smallest absolute Gasteiger partial charge is 0.460 e. The average Bonchev–Trinajstić information content (AvgIpc) is 2.72. The highest BCUT2D eigenvalue weighted by molar-refractivity contribution is 5.95. The Morgan fingerprint density at radius 2 is 1.61 bits per heavy atom. The number of urea groups is 1. The van der Waals surface area contributed by atoms with Gasteiger partial charge in [0.2, 0.25) is 0 Å². The van der Waals surface area contributed by atoms with E-state index in [1.807, 2.05) is 5.32 Å². The lowest BCUT2D eigenvalue weighted by Gasteiger charge is -2.34. The van der Waals surface area contributed by atoms with Crippen LogP contribution in [0.15, 0.2) is 48.5 Å². The first-order valence-corrected chi connectivity index (χ1v) is 9.16. The minimum Gasteiger partial charge on any atom is -0.495 e. The Morgan fingerprint density at radius 3 is 2.12 bits per heavy atom. The quantitative estimate of drug-likeness (QED) is 0.340. The number of ether oxygens (including phenoxy) is 3. The SMILES string of the molecule is CCOC(=O)C(NC(=O)Nc1cc(C(F)(F)F)ccc1OC)(Oc1ccccc1)C(F)(F)F. The molecule has 0 radical (unpaired) electrons. The maximum Gasteiger partial charge on any atom is 0.460 e. The maximum atomic E-state index is 14.1. The standard InChI is InChI=1S/C20H18F6N2O5/c1-3-32-16(29)18(20(24,25)26,33-13-7-5-4-6-8-13)28-17(30)27-14-11-12(19(21,22)23)9-10-15(14)31-2/h4-11H,3H2,1-2H3,(H2,27,28,30). The van der Waals surface area contributed by atoms with E-state index in [9.17, 15) is 35.9 Å². The fourth-order valence-corrected chi connectivity index (χ4v) is 2.56. The molecule has 2 aromatic rings. The van der Waals surface area contributed by atoms with Crippen LogP contribution in [-0.4, -0.2) is 37.6 Å². The lowest BCUT2D eigenvalue weighted by molar-refractivity contribution is -0.259. The Hall–Kier alpha value is -3.64. The van der Waals surface area contributed by atoms with E-state index in [2.05, 4.69) is 4.74 Å². The number of para-hydroxylation sites is 1. The van der Waals surface area contributed by atoms with Crippen molar-refractivity contribution in [3.63, 3.8) is 0 Å². The second kappa shape index (κ2) is 9.88. The monoisotopic (exact) mass is 480 g/mol. The number of nitrogens with one attached hydrogen (secondary N) is 2. The van der Waals surface area contributed by atoms with Crippen molar-refractivity contribution in [2.24, 2.45) is 0 Å². The van der Waals surface area contributed by atoms with E-state index in [0.717, 1.165) is 25.3 Å². The van der Waals surface area contributed by atoms with E-state index in [4.69, 9.17) is 9.47 Å². The number of hydrogen-bond donors (Lipinski definition) is 2. The third-order valence-corrected chi connectivity index (χ3v) is 4.04. The van der Waals surface area contributed by atoms with Crippen LogP contribution in [0.2, 0.25) is 0 Å². The number of esters is 1. The van der Waals surface area contributed by atoms with E-state index in [1.54, 1.807) is 0 Å². The summed E-state index contributed by atoms with van der Waals surface area (Å²) in [6.45, 7) is 0.745. The van der Waals surface area contributed by atoms with Gasteiger partial charge < -0.3 is 19.5 Å². The number of hydrogen-bond acceptors (Lipinski definition) is 5. The Bertz CT molecular complexity index is 981. The summed E-state index contributed by atoms with van der Waals surface area (Å²) in [5, 5.41) is 3.17. The minimum absolute atomic E-state index is 0.282. The number of carbonyl (C=O) groups excluding carboxylic acids is 2. The van der Waals surface area contributed by atoms with Crippen molar-refractivity contribution in [1.82, 2.24) is 5.32 Å². The van der Waals surface area contributed by atoms with Gasteiger partial charge in [-0.05, 0) is 37.3 Å². The molecule has 0 saturated carbocycles. The van der Waals surface area contributed by atoms with Gasteiger partial charge in [0.15, 0.2) is 0 Å². The summed E-state index contributed by atoms with van der Waals surface area (Å²) < 4.78 is 95.3. The Morgan fingerprint density at radius 1 is 0.970 bits per heavy atom. The van der Waals surface area contributed by atoms with E-state index in [0.29, 0.717) is 12.1 Å². The average molecular weight is 480 g/mol. The van der Waals surface area contributed by atoms with Gasteiger partial charge in [0, 0.05) is 0 Å². The van der Waals surface area contributed by atoms with Crippen LogP contribution in [0.25, 0.3) is 0 Å². The van der Waals surface area contributed by atoms with E-state index >= 15 is 0 Å². The lowest BCUT2D eigenvalue weighted by atomic mass is 10.1. The second-order valence-electron chi connectivity index (χ2n) is 6.31. The van der Waals surface area contributed by atoms with Crippen molar-refractivity contribution in [2.45, 2.75) is 25.0 Å². The van der Waals surface area contributed by atoms with Crippen LogP contribution in [0.3, 0.4) is 0 Å². The molecule has 180 valence electrons. The Kier molecular flexibility index (Phi) is 7.67. The zero-order chi connectivity index (χ0) is 24.9. The molecule has 13 heteroatoms. The molecule has 0 aliphatic carbocycles. The molecule has 2 aromatic carbocycles. The highest BCUT2D eigenvalue weighted by Gasteiger charge is 2.66. The summed E-state index contributed by atoms with van der Waals surface area (Å²) in [7, 11) is 1.07. The molecule has 0 aliphatic rings. The van der Waals surface area contributed by atoms with E-state index in [1.165, 1.54) is 30.4 Å². The van der Waals surface area contributed by atoms with Crippen LogP contribution in [0.5, 0.6) is 11.5 Å². The molecule has 0 heterocycles. The summed E-state index contributed by atoms with van der Waals surface area (Å²) in [5.41, 5.74) is -5.82. The summed E-state index contributed by atoms with van der Waals surface area (Å²) in [4.78, 5) is 24.8. The van der Waals surface area contributed by atoms with Gasteiger partial charge in [-0.2, -0.15) is 26.3 Å². The molecule has 2 rings (SSSR count). The van der Waals surface area contributed by atoms with Gasteiger partial charge >= 0.3 is 30.1 Å². The van der Waals surface area contributed by atoms with Gasteiger partial charge in [0.1, 0.15) is 11.5 Å². The molecule has 2 amide bonds. The normalized spacial score (nSPS) is 13.5. The van der Waals surface area contributed by atoms with Gasteiger partial charge in [-0.15, -0.1) is 0 Å². The molecular weight excluding hydrogens is 462 g/mol. The van der Waals surface area contributed by atoms with E-state index in [-0.39, 0.29) is 5.75 Å². The van der Waals surface area contributed by atoms with Crippen molar-refractivity contribution in [1.29, 1.82) is 0 Å². The Balaban J connectivity index is 2.46. The number of amides is 2. The predicted molar refractivity (Wildman–Crippen MR) is 103 cm³/mol. The molecule has 0 saturated heterocycles. The first-order chi connectivity index (χ1) is 15.3. The highest BCUT2D eigenvalue weighted by Crippen LogP contribution is 2.36. The van der Waals surface area contributed by atoms with Crippen molar-refractivity contribution in [2.75, 3.05) is 19.0 Å². The molecule has 0 fully saturated rings. The molecule has 0 aromatic heterocycles. The largest absolute Gasteiger partial charge is 0.495 e. The van der Waals surface area contributed by atoms with Gasteiger partial charge in [-0.3, -0.25) is 5.32 Å². The van der Waals surface area contributed by atoms with Gasteiger partial charge in [0.05, 0.1) is 25.0 Å². The first kappa shape index (κ1) is 25.6. The topological polar surface area (TPSA) is 85.9 Å². The number of alkyl halides is 6.